The van der Waals surface area contributed by atoms with Crippen LogP contribution >= 0.6 is 11.8 Å². The Balaban J connectivity index is 2.35. The molecule has 3 amide bonds. The second-order valence-corrected chi connectivity index (χ2v) is 7.61. The number of aryl methyl sites for hydroxylation is 2. The Bertz CT molecular complexity index is 617. The Labute approximate surface area is 151 Å². The van der Waals surface area contributed by atoms with Gasteiger partial charge in [-0.05, 0) is 41.5 Å². The molecule has 0 aliphatic rings. The lowest BCUT2D eigenvalue weighted by molar-refractivity contribution is -0.151. The van der Waals surface area contributed by atoms with Crippen LogP contribution in [0.1, 0.15) is 44.7 Å². The normalized spacial score (nSPS) is 12.4. The molecule has 0 aromatic carbocycles. The molecule has 1 rings (SSSR count). The van der Waals surface area contributed by atoms with Crippen molar-refractivity contribution in [1.82, 2.24) is 15.8 Å². The molecule has 8 nitrogen and oxygen atoms in total. The first kappa shape index (κ1) is 21.0. The van der Waals surface area contributed by atoms with E-state index in [9.17, 15) is 14.4 Å². The molecule has 1 atom stereocenters. The van der Waals surface area contributed by atoms with Crippen molar-refractivity contribution in [2.45, 2.75) is 58.9 Å². The van der Waals surface area contributed by atoms with Crippen LogP contribution in [0, 0.1) is 13.8 Å². The maximum atomic E-state index is 11.8. The second kappa shape index (κ2) is 8.89. The van der Waals surface area contributed by atoms with Crippen LogP contribution in [-0.2, 0) is 20.1 Å². The van der Waals surface area contributed by atoms with Crippen molar-refractivity contribution >= 4 is 29.7 Å². The summed E-state index contributed by atoms with van der Waals surface area (Å²) in [7, 11) is 0. The van der Waals surface area contributed by atoms with Crippen molar-refractivity contribution in [3.8, 4) is 0 Å². The molecule has 2 N–H and O–H groups in total. The summed E-state index contributed by atoms with van der Waals surface area (Å²) in [4.78, 5) is 35.3. The SMILES string of the molecule is Cc1noc(C)c1CSCC(=O)O[C@@H](C)C(=O)NC(=O)NC(C)(C)C. The number of carbonyl (C=O) groups excluding carboxylic acids is 3. The Morgan fingerprint density at radius 2 is 1.92 bits per heavy atom. The van der Waals surface area contributed by atoms with E-state index in [4.69, 9.17) is 9.26 Å². The molecular weight excluding hydrogens is 346 g/mol. The molecule has 0 aliphatic carbocycles. The van der Waals surface area contributed by atoms with Crippen molar-refractivity contribution in [3.05, 3.63) is 17.0 Å². The number of ether oxygens (including phenoxy) is 1. The zero-order valence-electron chi connectivity index (χ0n) is 15.4. The smallest absolute Gasteiger partial charge is 0.321 e. The standard InChI is InChI=1S/C16H25N3O5S/c1-9-12(10(2)24-19-9)7-25-8-13(20)23-11(3)14(21)17-15(22)18-16(4,5)6/h11H,7-8H2,1-6H3,(H2,17,18,21,22)/t11-/m0/s1. The van der Waals surface area contributed by atoms with Crippen molar-refractivity contribution < 1.29 is 23.6 Å². The van der Waals surface area contributed by atoms with Gasteiger partial charge in [-0.3, -0.25) is 14.9 Å². The van der Waals surface area contributed by atoms with Gasteiger partial charge >= 0.3 is 12.0 Å². The Hall–Kier alpha value is -2.03. The number of hydrogen-bond acceptors (Lipinski definition) is 7. The lowest BCUT2D eigenvalue weighted by Gasteiger charge is -2.21. The van der Waals surface area contributed by atoms with Gasteiger partial charge in [-0.2, -0.15) is 0 Å². The number of carbonyl (C=O) groups is 3. The molecule has 1 aromatic heterocycles. The molecule has 1 aromatic rings. The highest BCUT2D eigenvalue weighted by molar-refractivity contribution is 7.99. The first-order chi connectivity index (χ1) is 11.5. The van der Waals surface area contributed by atoms with Gasteiger partial charge < -0.3 is 14.6 Å². The van der Waals surface area contributed by atoms with Crippen molar-refractivity contribution in [2.24, 2.45) is 0 Å². The minimum absolute atomic E-state index is 0.0792. The predicted molar refractivity (Wildman–Crippen MR) is 94.1 cm³/mol. The van der Waals surface area contributed by atoms with Crippen molar-refractivity contribution in [1.29, 1.82) is 0 Å². The van der Waals surface area contributed by atoms with Crippen molar-refractivity contribution in [3.63, 3.8) is 0 Å². The molecule has 0 fully saturated rings. The van der Waals surface area contributed by atoms with Gasteiger partial charge in [-0.1, -0.05) is 5.16 Å². The van der Waals surface area contributed by atoms with E-state index >= 15 is 0 Å². The highest BCUT2D eigenvalue weighted by Crippen LogP contribution is 2.19. The monoisotopic (exact) mass is 371 g/mol. The van der Waals surface area contributed by atoms with Crippen LogP contribution in [0.3, 0.4) is 0 Å². The van der Waals surface area contributed by atoms with Gasteiger partial charge in [0.15, 0.2) is 6.10 Å². The van der Waals surface area contributed by atoms with Crippen LogP contribution in [0.5, 0.6) is 0 Å². The van der Waals surface area contributed by atoms with Crippen LogP contribution in [-0.4, -0.2) is 40.5 Å². The first-order valence-corrected chi connectivity index (χ1v) is 8.97. The molecule has 9 heteroatoms. The fourth-order valence-electron chi connectivity index (χ4n) is 1.81. The highest BCUT2D eigenvalue weighted by Gasteiger charge is 2.22. The molecule has 0 radical (unpaired) electrons. The largest absolute Gasteiger partial charge is 0.452 e. The van der Waals surface area contributed by atoms with E-state index in [1.165, 1.54) is 18.7 Å². The zero-order valence-corrected chi connectivity index (χ0v) is 16.2. The number of aromatic nitrogens is 1. The van der Waals surface area contributed by atoms with Gasteiger partial charge in [0.2, 0.25) is 0 Å². The quantitative estimate of drug-likeness (QED) is 0.737. The summed E-state index contributed by atoms with van der Waals surface area (Å²) in [5.41, 5.74) is 1.26. The van der Waals surface area contributed by atoms with Gasteiger partial charge in [0.05, 0.1) is 11.4 Å². The molecule has 0 aliphatic heterocycles. The average molecular weight is 371 g/mol. The summed E-state index contributed by atoms with van der Waals surface area (Å²) in [6.07, 6.45) is -1.06. The number of imide groups is 1. The molecule has 0 unspecified atom stereocenters. The van der Waals surface area contributed by atoms with E-state index < -0.39 is 29.6 Å². The number of rotatable bonds is 6. The summed E-state index contributed by atoms with van der Waals surface area (Å²) < 4.78 is 10.1. The Morgan fingerprint density at radius 1 is 1.28 bits per heavy atom. The van der Waals surface area contributed by atoms with E-state index in [1.807, 2.05) is 13.8 Å². The lowest BCUT2D eigenvalue weighted by Crippen LogP contribution is -2.50. The topological polar surface area (TPSA) is 111 Å². The van der Waals surface area contributed by atoms with Gasteiger partial charge in [0, 0.05) is 16.9 Å². The van der Waals surface area contributed by atoms with E-state index in [-0.39, 0.29) is 5.75 Å². The van der Waals surface area contributed by atoms with E-state index in [1.54, 1.807) is 20.8 Å². The molecule has 1 heterocycles. The van der Waals surface area contributed by atoms with Gasteiger partial charge in [0.1, 0.15) is 5.76 Å². The molecule has 0 saturated heterocycles. The summed E-state index contributed by atoms with van der Waals surface area (Å²) in [6, 6.07) is -0.631. The summed E-state index contributed by atoms with van der Waals surface area (Å²) in [5.74, 6) is 0.151. The molecule has 0 saturated carbocycles. The maximum absolute atomic E-state index is 11.8. The number of thioether (sulfide) groups is 1. The molecule has 0 spiro atoms. The van der Waals surface area contributed by atoms with E-state index in [0.29, 0.717) is 5.75 Å². The minimum atomic E-state index is -1.06. The van der Waals surface area contributed by atoms with Crippen LogP contribution in [0.4, 0.5) is 4.79 Å². The van der Waals surface area contributed by atoms with Crippen LogP contribution in [0.2, 0.25) is 0 Å². The third kappa shape index (κ3) is 7.59. The lowest BCUT2D eigenvalue weighted by atomic mass is 10.1. The molecule has 0 bridgehead atoms. The van der Waals surface area contributed by atoms with E-state index in [2.05, 4.69) is 15.8 Å². The van der Waals surface area contributed by atoms with Crippen LogP contribution < -0.4 is 10.6 Å². The fraction of sp³-hybridized carbons (Fsp3) is 0.625. The Kier molecular flexibility index (Phi) is 7.47. The molecule has 140 valence electrons. The summed E-state index contributed by atoms with van der Waals surface area (Å²) >= 11 is 1.34. The molecule has 25 heavy (non-hydrogen) atoms. The number of urea groups is 1. The number of esters is 1. The van der Waals surface area contributed by atoms with Crippen LogP contribution in [0.15, 0.2) is 4.52 Å². The number of nitrogens with one attached hydrogen (secondary N) is 2. The maximum Gasteiger partial charge on any atom is 0.321 e. The average Bonchev–Trinajstić information content (AvgIpc) is 2.76. The van der Waals surface area contributed by atoms with Gasteiger partial charge in [-0.15, -0.1) is 11.8 Å². The van der Waals surface area contributed by atoms with Crippen molar-refractivity contribution in [2.75, 3.05) is 5.75 Å². The number of amides is 3. The zero-order chi connectivity index (χ0) is 19.2. The Morgan fingerprint density at radius 3 is 2.44 bits per heavy atom. The number of hydrogen-bond donors (Lipinski definition) is 2. The summed E-state index contributed by atoms with van der Waals surface area (Å²) in [6.45, 7) is 10.4. The summed E-state index contributed by atoms with van der Waals surface area (Å²) in [5, 5.41) is 8.57. The van der Waals surface area contributed by atoms with E-state index in [0.717, 1.165) is 17.0 Å². The third-order valence-electron chi connectivity index (χ3n) is 3.05. The third-order valence-corrected chi connectivity index (χ3v) is 3.98. The second-order valence-electron chi connectivity index (χ2n) is 6.62. The highest BCUT2D eigenvalue weighted by atomic mass is 32.2. The first-order valence-electron chi connectivity index (χ1n) is 7.81. The fourth-order valence-corrected chi connectivity index (χ4v) is 2.77. The van der Waals surface area contributed by atoms with Gasteiger partial charge in [0.25, 0.3) is 5.91 Å². The minimum Gasteiger partial charge on any atom is -0.452 e. The predicted octanol–water partition coefficient (Wildman–Crippen LogP) is 2.08. The number of nitrogens with zero attached hydrogens (tertiary/aromatic N) is 1. The van der Waals surface area contributed by atoms with Crippen LogP contribution in [0.25, 0.3) is 0 Å². The van der Waals surface area contributed by atoms with Gasteiger partial charge in [-0.25, -0.2) is 4.79 Å². The molecular formula is C16H25N3O5S.